The van der Waals surface area contributed by atoms with Crippen molar-refractivity contribution in [3.05, 3.63) is 34.4 Å². The van der Waals surface area contributed by atoms with Crippen LogP contribution in [0.1, 0.15) is 6.92 Å². The fraction of sp³-hybridized carbons (Fsp3) is 0.400. The summed E-state index contributed by atoms with van der Waals surface area (Å²) >= 11 is 0. The second kappa shape index (κ2) is 6.57. The molecule has 0 aliphatic heterocycles. The highest BCUT2D eigenvalue weighted by atomic mass is 32.2. The van der Waals surface area contributed by atoms with E-state index in [0.29, 0.717) is 0 Å². The maximum absolute atomic E-state index is 12.2. The van der Waals surface area contributed by atoms with Gasteiger partial charge < -0.3 is 5.73 Å². The van der Waals surface area contributed by atoms with Gasteiger partial charge in [0, 0.05) is 18.7 Å². The first kappa shape index (κ1) is 15.5. The summed E-state index contributed by atoms with van der Waals surface area (Å²) < 4.78 is 25.1. The van der Waals surface area contributed by atoms with Crippen LogP contribution in [0.2, 0.25) is 0 Å². The minimum absolute atomic E-state index is 0.00710. The van der Waals surface area contributed by atoms with Gasteiger partial charge >= 0.3 is 0 Å². The summed E-state index contributed by atoms with van der Waals surface area (Å²) in [7, 11) is -3.86. The van der Waals surface area contributed by atoms with E-state index in [1.807, 2.05) is 0 Å². The van der Waals surface area contributed by atoms with Gasteiger partial charge in [0.1, 0.15) is 0 Å². The minimum atomic E-state index is -3.86. The zero-order valence-electron chi connectivity index (χ0n) is 10.4. The van der Waals surface area contributed by atoms with E-state index in [1.54, 1.807) is 6.92 Å². The van der Waals surface area contributed by atoms with Gasteiger partial charge in [-0.3, -0.25) is 15.0 Å². The third kappa shape index (κ3) is 3.70. The number of rotatable bonds is 7. The highest BCUT2D eigenvalue weighted by Crippen LogP contribution is 2.19. The normalized spacial score (nSPS) is 11.7. The average molecular weight is 289 g/mol. The van der Waals surface area contributed by atoms with Crippen molar-refractivity contribution in [3.8, 4) is 0 Å². The van der Waals surface area contributed by atoms with Crippen LogP contribution in [0.4, 0.5) is 5.69 Å². The Morgan fingerprint density at radius 1 is 1.37 bits per heavy atom. The molecule has 0 radical (unpaired) electrons. The number of nitrogens with two attached hydrogens (primary N) is 1. The number of benzene rings is 1. The monoisotopic (exact) mass is 289 g/mol. The summed E-state index contributed by atoms with van der Waals surface area (Å²) in [5.74, 6) is 0. The van der Waals surface area contributed by atoms with Crippen LogP contribution in [0.5, 0.6) is 0 Å². The Morgan fingerprint density at radius 3 is 2.37 bits per heavy atom. The van der Waals surface area contributed by atoms with Crippen LogP contribution in [-0.2, 0) is 14.9 Å². The number of nitrogens with zero attached hydrogens (tertiary/aromatic N) is 2. The minimum Gasteiger partial charge on any atom is -0.329 e. The summed E-state index contributed by atoms with van der Waals surface area (Å²) in [5, 5.41) is 10.5. The van der Waals surface area contributed by atoms with Gasteiger partial charge in [-0.1, -0.05) is 4.47 Å². The molecule has 0 saturated carbocycles. The van der Waals surface area contributed by atoms with Gasteiger partial charge in [-0.05, 0) is 19.1 Å². The van der Waals surface area contributed by atoms with Crippen LogP contribution in [0.15, 0.2) is 29.2 Å². The molecule has 0 bridgehead atoms. The lowest BCUT2D eigenvalue weighted by atomic mass is 10.3. The van der Waals surface area contributed by atoms with Crippen molar-refractivity contribution in [1.82, 2.24) is 4.47 Å². The fourth-order valence-electron chi connectivity index (χ4n) is 1.36. The molecule has 0 aromatic heterocycles. The number of hydroxylamine groups is 1. The molecular formula is C10H15N3O5S. The molecule has 106 valence electrons. The maximum atomic E-state index is 12.2. The van der Waals surface area contributed by atoms with E-state index in [2.05, 4.69) is 0 Å². The van der Waals surface area contributed by atoms with E-state index in [9.17, 15) is 18.5 Å². The van der Waals surface area contributed by atoms with Crippen LogP contribution in [0, 0.1) is 10.1 Å². The molecule has 0 fully saturated rings. The number of non-ortho nitro benzene ring substituents is 1. The molecule has 19 heavy (non-hydrogen) atoms. The lowest BCUT2D eigenvalue weighted by Crippen LogP contribution is -2.35. The van der Waals surface area contributed by atoms with Crippen molar-refractivity contribution >= 4 is 15.7 Å². The van der Waals surface area contributed by atoms with Crippen molar-refractivity contribution in [1.29, 1.82) is 0 Å². The molecule has 0 amide bonds. The Labute approximate surface area is 110 Å². The van der Waals surface area contributed by atoms with Gasteiger partial charge in [0.15, 0.2) is 0 Å². The Balaban J connectivity index is 3.07. The Hall–Kier alpha value is -1.55. The maximum Gasteiger partial charge on any atom is 0.269 e. The number of hydrogen-bond donors (Lipinski definition) is 1. The molecule has 9 heteroatoms. The first-order valence-corrected chi connectivity index (χ1v) is 6.97. The standard InChI is InChI=1S/C10H15N3O5S/c1-2-18-12(8-7-11)19(16,17)10-5-3-9(4-6-10)13(14)15/h3-6H,2,7-8,11H2,1H3. The number of nitro benzene ring substituents is 1. The quantitative estimate of drug-likeness (QED) is 0.577. The second-order valence-electron chi connectivity index (χ2n) is 3.49. The molecule has 0 unspecified atom stereocenters. The van der Waals surface area contributed by atoms with Crippen LogP contribution in [0.3, 0.4) is 0 Å². The Kier molecular flexibility index (Phi) is 5.36. The van der Waals surface area contributed by atoms with Crippen molar-refractivity contribution in [2.75, 3.05) is 19.7 Å². The molecule has 0 aliphatic carbocycles. The van der Waals surface area contributed by atoms with Crippen LogP contribution in [-0.4, -0.2) is 37.5 Å². The van der Waals surface area contributed by atoms with Gasteiger partial charge in [-0.2, -0.15) is 0 Å². The predicted molar refractivity (Wildman–Crippen MR) is 67.7 cm³/mol. The lowest BCUT2D eigenvalue weighted by Gasteiger charge is -2.19. The van der Waals surface area contributed by atoms with Gasteiger partial charge in [-0.25, -0.2) is 8.42 Å². The number of hydrogen-bond acceptors (Lipinski definition) is 6. The second-order valence-corrected chi connectivity index (χ2v) is 5.32. The van der Waals surface area contributed by atoms with Gasteiger partial charge in [0.05, 0.1) is 23.0 Å². The molecule has 2 N–H and O–H groups in total. The highest BCUT2D eigenvalue weighted by Gasteiger charge is 2.25. The first-order chi connectivity index (χ1) is 8.93. The molecule has 0 aliphatic rings. The van der Waals surface area contributed by atoms with E-state index in [-0.39, 0.29) is 30.3 Å². The molecule has 0 saturated heterocycles. The Bertz CT molecular complexity index is 523. The molecule has 1 aromatic rings. The summed E-state index contributed by atoms with van der Waals surface area (Å²) in [5.41, 5.74) is 5.14. The van der Waals surface area contributed by atoms with Crippen molar-refractivity contribution in [3.63, 3.8) is 0 Å². The third-order valence-corrected chi connectivity index (χ3v) is 3.89. The highest BCUT2D eigenvalue weighted by molar-refractivity contribution is 7.89. The van der Waals surface area contributed by atoms with Gasteiger partial charge in [-0.15, -0.1) is 0 Å². The van der Waals surface area contributed by atoms with E-state index < -0.39 is 14.9 Å². The van der Waals surface area contributed by atoms with E-state index >= 15 is 0 Å². The molecule has 0 heterocycles. The van der Waals surface area contributed by atoms with Crippen molar-refractivity contribution in [2.45, 2.75) is 11.8 Å². The zero-order valence-corrected chi connectivity index (χ0v) is 11.2. The molecule has 8 nitrogen and oxygen atoms in total. The first-order valence-electron chi connectivity index (χ1n) is 5.53. The molecule has 0 spiro atoms. The van der Waals surface area contributed by atoms with Gasteiger partial charge in [0.25, 0.3) is 15.7 Å². The SMILES string of the molecule is CCON(CCN)S(=O)(=O)c1ccc([N+](=O)[O-])cc1. The van der Waals surface area contributed by atoms with Crippen LogP contribution in [0.25, 0.3) is 0 Å². The number of nitro groups is 1. The molecule has 1 aromatic carbocycles. The summed E-state index contributed by atoms with van der Waals surface area (Å²) in [6.07, 6.45) is 0. The number of sulfonamides is 1. The molecule has 1 rings (SSSR count). The topological polar surface area (TPSA) is 116 Å². The lowest BCUT2D eigenvalue weighted by molar-refractivity contribution is -0.384. The van der Waals surface area contributed by atoms with Crippen LogP contribution < -0.4 is 5.73 Å². The summed E-state index contributed by atoms with van der Waals surface area (Å²) in [6.45, 7) is 1.93. The molecular weight excluding hydrogens is 274 g/mol. The van der Waals surface area contributed by atoms with E-state index in [1.165, 1.54) is 0 Å². The largest absolute Gasteiger partial charge is 0.329 e. The third-order valence-electron chi connectivity index (χ3n) is 2.20. The van der Waals surface area contributed by atoms with Crippen molar-refractivity contribution in [2.24, 2.45) is 5.73 Å². The molecule has 0 atom stereocenters. The average Bonchev–Trinajstić information content (AvgIpc) is 2.38. The predicted octanol–water partition coefficient (Wildman–Crippen LogP) is 0.496. The summed E-state index contributed by atoms with van der Waals surface area (Å²) in [4.78, 5) is 14.8. The van der Waals surface area contributed by atoms with Crippen LogP contribution >= 0.6 is 0 Å². The summed E-state index contributed by atoms with van der Waals surface area (Å²) in [6, 6.07) is 4.57. The zero-order chi connectivity index (χ0) is 14.5. The fourth-order valence-corrected chi connectivity index (χ4v) is 2.67. The Morgan fingerprint density at radius 2 is 1.95 bits per heavy atom. The van der Waals surface area contributed by atoms with E-state index in [4.69, 9.17) is 10.6 Å². The smallest absolute Gasteiger partial charge is 0.269 e. The van der Waals surface area contributed by atoms with Crippen molar-refractivity contribution < 1.29 is 18.2 Å². The van der Waals surface area contributed by atoms with Gasteiger partial charge in [0.2, 0.25) is 0 Å². The van der Waals surface area contributed by atoms with E-state index in [0.717, 1.165) is 28.7 Å².